The lowest BCUT2D eigenvalue weighted by molar-refractivity contribution is -0.116. The van der Waals surface area contributed by atoms with E-state index in [2.05, 4.69) is 21.5 Å². The van der Waals surface area contributed by atoms with E-state index in [1.807, 2.05) is 61.5 Å². The van der Waals surface area contributed by atoms with Crippen LogP contribution in [0.5, 0.6) is 11.5 Å². The molecule has 0 spiro atoms. The molecule has 0 unspecified atom stereocenters. The molecule has 1 N–H and O–H groups in total. The summed E-state index contributed by atoms with van der Waals surface area (Å²) in [6, 6.07) is 19.0. The van der Waals surface area contributed by atoms with E-state index in [1.54, 1.807) is 7.11 Å². The van der Waals surface area contributed by atoms with Crippen LogP contribution < -0.4 is 14.8 Å². The third kappa shape index (κ3) is 4.93. The molecule has 0 bridgehead atoms. The Morgan fingerprint density at radius 1 is 1.15 bits per heavy atom. The van der Waals surface area contributed by atoms with Gasteiger partial charge in [-0.3, -0.25) is 4.79 Å². The second-order valence-electron chi connectivity index (χ2n) is 7.42. The number of nitrogens with zero attached hydrogens (tertiary/aromatic N) is 4. The van der Waals surface area contributed by atoms with Crippen LogP contribution in [0, 0.1) is 18.3 Å². The summed E-state index contributed by atoms with van der Waals surface area (Å²) in [6.07, 6.45) is 2.17. The van der Waals surface area contributed by atoms with Crippen LogP contribution in [0.1, 0.15) is 24.0 Å². The zero-order chi connectivity index (χ0) is 23.2. The van der Waals surface area contributed by atoms with Gasteiger partial charge in [0.1, 0.15) is 23.1 Å². The van der Waals surface area contributed by atoms with Crippen LogP contribution in [0.15, 0.2) is 60.8 Å². The molecule has 8 heteroatoms. The van der Waals surface area contributed by atoms with E-state index in [-0.39, 0.29) is 17.9 Å². The van der Waals surface area contributed by atoms with Crippen LogP contribution in [0.2, 0.25) is 0 Å². The molecule has 4 aromatic rings. The van der Waals surface area contributed by atoms with E-state index in [9.17, 15) is 10.1 Å². The van der Waals surface area contributed by atoms with Gasteiger partial charge in [-0.2, -0.15) is 15.0 Å². The van der Waals surface area contributed by atoms with Gasteiger partial charge in [0.05, 0.1) is 25.4 Å². The van der Waals surface area contributed by atoms with Gasteiger partial charge in [-0.1, -0.05) is 18.2 Å². The Morgan fingerprint density at radius 2 is 1.91 bits per heavy atom. The first-order valence-corrected chi connectivity index (χ1v) is 10.5. The van der Waals surface area contributed by atoms with Crippen LogP contribution in [0.3, 0.4) is 0 Å². The van der Waals surface area contributed by atoms with Gasteiger partial charge >= 0.3 is 0 Å². The van der Waals surface area contributed by atoms with Crippen molar-refractivity contribution in [3.8, 4) is 23.4 Å². The molecule has 33 heavy (non-hydrogen) atoms. The zero-order valence-electron chi connectivity index (χ0n) is 18.4. The molecule has 2 heterocycles. The van der Waals surface area contributed by atoms with Gasteiger partial charge in [0, 0.05) is 11.8 Å². The van der Waals surface area contributed by atoms with Crippen molar-refractivity contribution in [3.05, 3.63) is 71.9 Å². The molecular formula is C25H23N5O3. The van der Waals surface area contributed by atoms with Gasteiger partial charge in [0.25, 0.3) is 0 Å². The number of amides is 1. The van der Waals surface area contributed by atoms with Crippen molar-refractivity contribution in [2.24, 2.45) is 0 Å². The summed E-state index contributed by atoms with van der Waals surface area (Å²) in [5.41, 5.74) is 2.11. The van der Waals surface area contributed by atoms with E-state index in [4.69, 9.17) is 9.47 Å². The maximum Gasteiger partial charge on any atom is 0.225 e. The number of nitrogens with one attached hydrogen (secondary N) is 1. The van der Waals surface area contributed by atoms with Crippen molar-refractivity contribution in [2.45, 2.75) is 19.8 Å². The van der Waals surface area contributed by atoms with Gasteiger partial charge in [-0.05, 0) is 55.3 Å². The van der Waals surface area contributed by atoms with E-state index in [0.717, 1.165) is 22.2 Å². The lowest BCUT2D eigenvalue weighted by Crippen LogP contribution is -2.17. The number of anilines is 1. The molecule has 0 saturated heterocycles. The predicted molar refractivity (Wildman–Crippen MR) is 125 cm³/mol. The topological polar surface area (TPSA) is 102 Å². The molecule has 2 aromatic carbocycles. The molecule has 1 amide bonds. The Labute approximate surface area is 191 Å². The van der Waals surface area contributed by atoms with Gasteiger partial charge in [-0.25, -0.2) is 4.98 Å². The highest BCUT2D eigenvalue weighted by Gasteiger charge is 2.17. The fourth-order valence-electron chi connectivity index (χ4n) is 3.45. The van der Waals surface area contributed by atoms with Gasteiger partial charge < -0.3 is 14.8 Å². The number of fused-ring (bicyclic) bond motifs is 1. The third-order valence-electron chi connectivity index (χ3n) is 5.15. The Hall–Kier alpha value is -4.38. The van der Waals surface area contributed by atoms with Crippen molar-refractivity contribution in [1.82, 2.24) is 14.8 Å². The van der Waals surface area contributed by atoms with Crippen molar-refractivity contribution in [1.29, 1.82) is 5.26 Å². The Bertz CT molecular complexity index is 1320. The van der Waals surface area contributed by atoms with Crippen molar-refractivity contribution < 1.29 is 14.3 Å². The minimum atomic E-state index is -0.232. The highest BCUT2D eigenvalue weighted by atomic mass is 16.5. The average molecular weight is 441 g/mol. The van der Waals surface area contributed by atoms with Crippen molar-refractivity contribution in [3.63, 3.8) is 0 Å². The quantitative estimate of drug-likeness (QED) is 0.407. The predicted octanol–water partition coefficient (Wildman–Crippen LogP) is 4.41. The number of para-hydroxylation sites is 1. The number of carbonyl (C=O) groups excluding carboxylic acids is 1. The molecular weight excluding hydrogens is 418 g/mol. The molecule has 0 saturated carbocycles. The molecule has 166 valence electrons. The SMILES string of the molecule is COc1ccc(OCCCC(=O)Nc2c(C#N)cnn2-c2cc(C)c3ccccc3n2)cc1. The molecule has 8 nitrogen and oxygen atoms in total. The average Bonchev–Trinajstić information content (AvgIpc) is 3.24. The number of nitriles is 1. The first-order valence-electron chi connectivity index (χ1n) is 10.5. The molecule has 0 aliphatic rings. The van der Waals surface area contributed by atoms with E-state index in [0.29, 0.717) is 30.4 Å². The number of methoxy groups -OCH3 is 1. The van der Waals surface area contributed by atoms with Crippen LogP contribution >= 0.6 is 0 Å². The normalized spacial score (nSPS) is 10.6. The standard InChI is InChI=1S/C25H23N5O3/c1-17-14-23(28-22-7-4-3-6-21(17)22)30-25(18(15-26)16-27-30)29-24(31)8-5-13-33-20-11-9-19(32-2)10-12-20/h3-4,6-7,9-12,14,16H,5,8,13H2,1-2H3,(H,29,31). The Kier molecular flexibility index (Phi) is 6.51. The van der Waals surface area contributed by atoms with E-state index >= 15 is 0 Å². The largest absolute Gasteiger partial charge is 0.497 e. The van der Waals surface area contributed by atoms with Gasteiger partial charge in [0.15, 0.2) is 11.6 Å². The maximum absolute atomic E-state index is 12.6. The number of rotatable bonds is 8. The minimum absolute atomic E-state index is 0.232. The maximum atomic E-state index is 12.6. The monoisotopic (exact) mass is 441 g/mol. The summed E-state index contributed by atoms with van der Waals surface area (Å²) in [7, 11) is 1.61. The first kappa shape index (κ1) is 21.8. The first-order chi connectivity index (χ1) is 16.1. The fourth-order valence-corrected chi connectivity index (χ4v) is 3.45. The molecule has 4 rings (SSSR count). The lowest BCUT2D eigenvalue weighted by atomic mass is 10.1. The van der Waals surface area contributed by atoms with Crippen LogP contribution in [0.25, 0.3) is 16.7 Å². The number of hydrogen-bond acceptors (Lipinski definition) is 6. The summed E-state index contributed by atoms with van der Waals surface area (Å²) in [5.74, 6) is 2.07. The summed E-state index contributed by atoms with van der Waals surface area (Å²) >= 11 is 0. The third-order valence-corrected chi connectivity index (χ3v) is 5.15. The minimum Gasteiger partial charge on any atom is -0.497 e. The van der Waals surface area contributed by atoms with Crippen molar-refractivity contribution >= 4 is 22.6 Å². The molecule has 2 aromatic heterocycles. The van der Waals surface area contributed by atoms with Crippen LogP contribution in [0.4, 0.5) is 5.82 Å². The molecule has 0 radical (unpaired) electrons. The molecule has 0 fully saturated rings. The highest BCUT2D eigenvalue weighted by Crippen LogP contribution is 2.24. The number of aryl methyl sites for hydroxylation is 1. The summed E-state index contributed by atoms with van der Waals surface area (Å²) in [5, 5.41) is 17.6. The summed E-state index contributed by atoms with van der Waals surface area (Å²) in [4.78, 5) is 17.2. The number of pyridine rings is 1. The number of hydrogen-bond donors (Lipinski definition) is 1. The smallest absolute Gasteiger partial charge is 0.225 e. The number of ether oxygens (including phenoxy) is 2. The second kappa shape index (κ2) is 9.83. The van der Waals surface area contributed by atoms with E-state index < -0.39 is 0 Å². The summed E-state index contributed by atoms with van der Waals surface area (Å²) in [6.45, 7) is 2.37. The van der Waals surface area contributed by atoms with Crippen LogP contribution in [-0.2, 0) is 4.79 Å². The number of benzene rings is 2. The number of carbonyl (C=O) groups is 1. The molecule has 0 atom stereocenters. The summed E-state index contributed by atoms with van der Waals surface area (Å²) < 4.78 is 12.3. The second-order valence-corrected chi connectivity index (χ2v) is 7.42. The van der Waals surface area contributed by atoms with Crippen LogP contribution in [-0.4, -0.2) is 34.4 Å². The Morgan fingerprint density at radius 3 is 2.67 bits per heavy atom. The zero-order valence-corrected chi connectivity index (χ0v) is 18.4. The van der Waals surface area contributed by atoms with Crippen molar-refractivity contribution in [2.75, 3.05) is 19.0 Å². The highest BCUT2D eigenvalue weighted by molar-refractivity contribution is 5.91. The van der Waals surface area contributed by atoms with E-state index in [1.165, 1.54) is 10.9 Å². The molecule has 0 aliphatic heterocycles. The fraction of sp³-hybridized carbons (Fsp3) is 0.200. The lowest BCUT2D eigenvalue weighted by Gasteiger charge is -2.11. The molecule has 0 aliphatic carbocycles. The Balaban J connectivity index is 1.43. The van der Waals surface area contributed by atoms with Gasteiger partial charge in [-0.15, -0.1) is 0 Å². The number of aromatic nitrogens is 3. The van der Waals surface area contributed by atoms with Gasteiger partial charge in [0.2, 0.25) is 5.91 Å².